The third-order valence-corrected chi connectivity index (χ3v) is 1.40. The first kappa shape index (κ1) is 8.60. The molecule has 2 heteroatoms. The molecule has 0 saturated heterocycles. The molecule has 0 heterocycles. The van der Waals surface area contributed by atoms with E-state index in [0.717, 1.165) is 0 Å². The molecule has 54 valence electrons. The molecule has 9 heavy (non-hydrogen) atoms. The Hall–Kier alpha value is -0.400. The van der Waals surface area contributed by atoms with Crippen molar-refractivity contribution in [2.24, 2.45) is 5.92 Å². The fraction of sp³-hybridized carbons (Fsp3) is 0.714. The molecule has 0 aromatic carbocycles. The van der Waals surface area contributed by atoms with Crippen molar-refractivity contribution in [3.05, 3.63) is 11.9 Å². The highest BCUT2D eigenvalue weighted by Gasteiger charge is 2.14. The first-order valence-corrected chi connectivity index (χ1v) is 3.05. The van der Waals surface area contributed by atoms with Crippen molar-refractivity contribution in [1.29, 1.82) is 0 Å². The van der Waals surface area contributed by atoms with E-state index in [4.69, 9.17) is 0 Å². The summed E-state index contributed by atoms with van der Waals surface area (Å²) < 4.78 is 24.6. The van der Waals surface area contributed by atoms with Gasteiger partial charge in [0.15, 0.2) is 0 Å². The van der Waals surface area contributed by atoms with Crippen LogP contribution in [0.15, 0.2) is 11.9 Å². The van der Waals surface area contributed by atoms with Crippen LogP contribution in [-0.4, -0.2) is 6.17 Å². The van der Waals surface area contributed by atoms with Gasteiger partial charge in [-0.2, -0.15) is 0 Å². The zero-order valence-electron chi connectivity index (χ0n) is 5.99. The molecule has 0 saturated carbocycles. The number of allylic oxidation sites excluding steroid dienone is 2. The summed E-state index contributed by atoms with van der Waals surface area (Å²) in [6, 6.07) is 0. The highest BCUT2D eigenvalue weighted by molar-refractivity contribution is 4.95. The highest BCUT2D eigenvalue weighted by Crippen LogP contribution is 2.17. The van der Waals surface area contributed by atoms with Crippen LogP contribution in [0.3, 0.4) is 0 Å². The number of hydrogen-bond acceptors (Lipinski definition) is 0. The number of hydrogen-bond donors (Lipinski definition) is 0. The van der Waals surface area contributed by atoms with E-state index in [1.54, 1.807) is 6.92 Å². The summed E-state index contributed by atoms with van der Waals surface area (Å²) in [6.07, 6.45) is 0.196. The standard InChI is InChI=1S/C7H12F2/c1-4-7(9)5(2)6(3)8/h4-6H,1-3H3/b7-4+. The molecule has 0 amide bonds. The molecule has 0 bridgehead atoms. The van der Waals surface area contributed by atoms with Crippen LogP contribution >= 0.6 is 0 Å². The summed E-state index contributed by atoms with van der Waals surface area (Å²) in [6.45, 7) is 4.45. The molecule has 0 aromatic rings. The van der Waals surface area contributed by atoms with Gasteiger partial charge in [-0.1, -0.05) is 13.0 Å². The molecule has 2 atom stereocenters. The van der Waals surface area contributed by atoms with Crippen molar-refractivity contribution in [2.75, 3.05) is 0 Å². The maximum Gasteiger partial charge on any atom is 0.106 e. The van der Waals surface area contributed by atoms with Gasteiger partial charge in [0.2, 0.25) is 0 Å². The Kier molecular flexibility index (Phi) is 3.43. The zero-order valence-corrected chi connectivity index (χ0v) is 5.99. The van der Waals surface area contributed by atoms with E-state index in [9.17, 15) is 8.78 Å². The van der Waals surface area contributed by atoms with Gasteiger partial charge in [0.05, 0.1) is 0 Å². The fourth-order valence-electron chi connectivity index (χ4n) is 0.482. The fourth-order valence-corrected chi connectivity index (χ4v) is 0.482. The second-order valence-electron chi connectivity index (χ2n) is 2.14. The van der Waals surface area contributed by atoms with Crippen LogP contribution in [0, 0.1) is 5.92 Å². The number of alkyl halides is 1. The Labute approximate surface area is 54.6 Å². The monoisotopic (exact) mass is 134 g/mol. The first-order chi connectivity index (χ1) is 4.09. The quantitative estimate of drug-likeness (QED) is 0.544. The molecule has 0 aliphatic heterocycles. The van der Waals surface area contributed by atoms with Crippen molar-refractivity contribution in [1.82, 2.24) is 0 Å². The minimum absolute atomic E-state index is 0.370. The van der Waals surface area contributed by atoms with E-state index in [2.05, 4.69) is 0 Å². The van der Waals surface area contributed by atoms with Crippen LogP contribution in [0.25, 0.3) is 0 Å². The molecule has 0 aliphatic carbocycles. The lowest BCUT2D eigenvalue weighted by Gasteiger charge is -2.08. The molecule has 0 nitrogen and oxygen atoms in total. The Balaban J connectivity index is 3.88. The van der Waals surface area contributed by atoms with Crippen LogP contribution in [0.5, 0.6) is 0 Å². The van der Waals surface area contributed by atoms with Gasteiger partial charge in [-0.05, 0) is 13.8 Å². The molecule has 0 spiro atoms. The van der Waals surface area contributed by atoms with Crippen molar-refractivity contribution in [3.8, 4) is 0 Å². The Morgan fingerprint density at radius 3 is 2.00 bits per heavy atom. The Morgan fingerprint density at radius 2 is 1.89 bits per heavy atom. The Bertz CT molecular complexity index is 105. The van der Waals surface area contributed by atoms with Crippen molar-refractivity contribution >= 4 is 0 Å². The second kappa shape index (κ2) is 3.59. The van der Waals surface area contributed by atoms with Gasteiger partial charge in [-0.3, -0.25) is 0 Å². The molecule has 0 radical (unpaired) electrons. The summed E-state index contributed by atoms with van der Waals surface area (Å²) in [7, 11) is 0. The molecule has 0 aromatic heterocycles. The largest absolute Gasteiger partial charge is 0.247 e. The predicted octanol–water partition coefficient (Wildman–Crippen LogP) is 2.85. The van der Waals surface area contributed by atoms with Gasteiger partial charge in [-0.15, -0.1) is 0 Å². The van der Waals surface area contributed by atoms with Crippen LogP contribution < -0.4 is 0 Å². The summed E-state index contributed by atoms with van der Waals surface area (Å²) in [5.41, 5.74) is 0. The third kappa shape index (κ3) is 2.59. The molecule has 0 rings (SSSR count). The topological polar surface area (TPSA) is 0 Å². The molecule has 0 N–H and O–H groups in total. The van der Waals surface area contributed by atoms with E-state index >= 15 is 0 Å². The van der Waals surface area contributed by atoms with Crippen LogP contribution in [0.2, 0.25) is 0 Å². The van der Waals surface area contributed by atoms with Gasteiger partial charge < -0.3 is 0 Å². The first-order valence-electron chi connectivity index (χ1n) is 3.05. The highest BCUT2D eigenvalue weighted by atomic mass is 19.1. The summed E-state index contributed by atoms with van der Waals surface area (Å²) >= 11 is 0. The van der Waals surface area contributed by atoms with Crippen LogP contribution in [0.1, 0.15) is 20.8 Å². The number of halogens is 2. The van der Waals surface area contributed by atoms with Gasteiger partial charge >= 0.3 is 0 Å². The maximum absolute atomic E-state index is 12.4. The lowest BCUT2D eigenvalue weighted by molar-refractivity contribution is 0.264. The van der Waals surface area contributed by atoms with E-state index in [1.165, 1.54) is 19.9 Å². The lowest BCUT2D eigenvalue weighted by atomic mass is 10.1. The SMILES string of the molecule is C/C=C(/F)C(C)C(C)F. The average molecular weight is 134 g/mol. The van der Waals surface area contributed by atoms with E-state index in [1.807, 2.05) is 0 Å². The summed E-state index contributed by atoms with van der Waals surface area (Å²) in [4.78, 5) is 0. The minimum Gasteiger partial charge on any atom is -0.247 e. The molecular formula is C7H12F2. The lowest BCUT2D eigenvalue weighted by Crippen LogP contribution is -2.07. The molecular weight excluding hydrogens is 122 g/mol. The average Bonchev–Trinajstić information content (AvgIpc) is 1.84. The smallest absolute Gasteiger partial charge is 0.106 e. The van der Waals surface area contributed by atoms with E-state index in [0.29, 0.717) is 0 Å². The molecule has 2 unspecified atom stereocenters. The van der Waals surface area contributed by atoms with Crippen LogP contribution in [-0.2, 0) is 0 Å². The van der Waals surface area contributed by atoms with E-state index in [-0.39, 0.29) is 5.83 Å². The van der Waals surface area contributed by atoms with Crippen molar-refractivity contribution in [3.63, 3.8) is 0 Å². The second-order valence-corrected chi connectivity index (χ2v) is 2.14. The van der Waals surface area contributed by atoms with Gasteiger partial charge in [0.1, 0.15) is 12.0 Å². The zero-order chi connectivity index (χ0) is 7.44. The maximum atomic E-state index is 12.4. The van der Waals surface area contributed by atoms with Crippen molar-refractivity contribution < 1.29 is 8.78 Å². The minimum atomic E-state index is -1.10. The number of rotatable bonds is 2. The summed E-state index contributed by atoms with van der Waals surface area (Å²) in [5.74, 6) is -0.958. The van der Waals surface area contributed by atoms with Gasteiger partial charge in [0, 0.05) is 5.92 Å². The van der Waals surface area contributed by atoms with Crippen molar-refractivity contribution in [2.45, 2.75) is 26.9 Å². The van der Waals surface area contributed by atoms with Gasteiger partial charge in [-0.25, -0.2) is 8.78 Å². The van der Waals surface area contributed by atoms with Crippen LogP contribution in [0.4, 0.5) is 8.78 Å². The predicted molar refractivity (Wildman–Crippen MR) is 34.6 cm³/mol. The summed E-state index contributed by atoms with van der Waals surface area (Å²) in [5, 5.41) is 0. The molecule has 0 fully saturated rings. The molecule has 0 aliphatic rings. The third-order valence-electron chi connectivity index (χ3n) is 1.40. The van der Waals surface area contributed by atoms with E-state index < -0.39 is 12.1 Å². The normalized spacial score (nSPS) is 19.4. The Morgan fingerprint density at radius 1 is 1.44 bits per heavy atom. The van der Waals surface area contributed by atoms with Gasteiger partial charge in [0.25, 0.3) is 0 Å².